The van der Waals surface area contributed by atoms with Crippen molar-refractivity contribution in [3.63, 3.8) is 0 Å². The maximum absolute atomic E-state index is 12.9. The highest BCUT2D eigenvalue weighted by molar-refractivity contribution is 6.30. The molecular formula is C23H23ClN2O6. The maximum atomic E-state index is 12.9. The van der Waals surface area contributed by atoms with Crippen LogP contribution >= 0.6 is 11.6 Å². The summed E-state index contributed by atoms with van der Waals surface area (Å²) in [6.45, 7) is 0.471. The van der Waals surface area contributed by atoms with Crippen LogP contribution < -0.4 is 9.64 Å². The average molecular weight is 459 g/mol. The molecule has 0 aliphatic carbocycles. The fourth-order valence-corrected chi connectivity index (χ4v) is 4.35. The van der Waals surface area contributed by atoms with Crippen molar-refractivity contribution in [1.82, 2.24) is 4.90 Å². The van der Waals surface area contributed by atoms with Crippen molar-refractivity contribution in [2.45, 2.75) is 25.0 Å². The maximum Gasteiger partial charge on any atom is 0.415 e. The standard InChI is InChI=1S/C23H23ClN2O6/c1-31-18-4-2-3-14(11-18)21-19(13-25-10-9-15(22(28)29)12-20(25)27)32-23(30)26(21)17-7-5-16(24)6-8-17/h2-8,11,15,19,21H,9-10,12-13H2,1H3,(H,28,29)/t15?,19-,21-/m0/s1. The molecule has 0 radical (unpaired) electrons. The van der Waals surface area contributed by atoms with Gasteiger partial charge in [0.15, 0.2) is 0 Å². The van der Waals surface area contributed by atoms with Crippen molar-refractivity contribution < 1.29 is 29.0 Å². The first-order valence-electron chi connectivity index (χ1n) is 10.3. The van der Waals surface area contributed by atoms with E-state index in [1.807, 2.05) is 24.3 Å². The van der Waals surface area contributed by atoms with Gasteiger partial charge in [0.25, 0.3) is 0 Å². The first-order chi connectivity index (χ1) is 15.4. The molecule has 0 aromatic heterocycles. The number of methoxy groups -OCH3 is 1. The predicted molar refractivity (Wildman–Crippen MR) is 117 cm³/mol. The van der Waals surface area contributed by atoms with E-state index >= 15 is 0 Å². The number of nitrogens with zero attached hydrogens (tertiary/aromatic N) is 2. The van der Waals surface area contributed by atoms with Gasteiger partial charge < -0.3 is 19.5 Å². The van der Waals surface area contributed by atoms with E-state index in [4.69, 9.17) is 21.1 Å². The summed E-state index contributed by atoms with van der Waals surface area (Å²) in [5, 5.41) is 9.76. The second-order valence-electron chi connectivity index (χ2n) is 7.86. The van der Waals surface area contributed by atoms with Crippen LogP contribution in [-0.4, -0.2) is 54.3 Å². The first-order valence-corrected chi connectivity index (χ1v) is 10.6. The molecule has 9 heteroatoms. The molecule has 2 aliphatic rings. The highest BCUT2D eigenvalue weighted by Gasteiger charge is 2.45. The van der Waals surface area contributed by atoms with Gasteiger partial charge in [-0.25, -0.2) is 4.79 Å². The van der Waals surface area contributed by atoms with Crippen molar-refractivity contribution in [1.29, 1.82) is 0 Å². The Labute approximate surface area is 190 Å². The van der Waals surface area contributed by atoms with Crippen molar-refractivity contribution in [3.8, 4) is 5.75 Å². The Hall–Kier alpha value is -3.26. The van der Waals surface area contributed by atoms with Gasteiger partial charge in [-0.05, 0) is 48.4 Å². The molecule has 1 N–H and O–H groups in total. The third-order valence-electron chi connectivity index (χ3n) is 5.89. The summed E-state index contributed by atoms with van der Waals surface area (Å²) >= 11 is 6.02. The Balaban J connectivity index is 1.64. The molecule has 2 amide bonds. The topological polar surface area (TPSA) is 96.4 Å². The summed E-state index contributed by atoms with van der Waals surface area (Å²) in [5.41, 5.74) is 1.41. The number of ether oxygens (including phenoxy) is 2. The number of carboxylic acid groups (broad SMARTS) is 1. The number of cyclic esters (lactones) is 1. The first kappa shape index (κ1) is 22.0. The van der Waals surface area contributed by atoms with Crippen LogP contribution in [0.2, 0.25) is 5.02 Å². The Morgan fingerprint density at radius 1 is 1.22 bits per heavy atom. The van der Waals surface area contributed by atoms with E-state index in [9.17, 15) is 19.5 Å². The summed E-state index contributed by atoms with van der Waals surface area (Å²) < 4.78 is 11.1. The fraction of sp³-hybridized carbons (Fsp3) is 0.348. The number of anilines is 1. The van der Waals surface area contributed by atoms with Crippen molar-refractivity contribution in [2.24, 2.45) is 5.92 Å². The smallest absolute Gasteiger partial charge is 0.415 e. The lowest BCUT2D eigenvalue weighted by Gasteiger charge is -2.33. The molecule has 0 saturated carbocycles. The van der Waals surface area contributed by atoms with E-state index < -0.39 is 30.1 Å². The van der Waals surface area contributed by atoms with Crippen LogP contribution in [0.4, 0.5) is 10.5 Å². The quantitative estimate of drug-likeness (QED) is 0.708. The third kappa shape index (κ3) is 4.36. The number of likely N-dealkylation sites (tertiary alicyclic amines) is 1. The highest BCUT2D eigenvalue weighted by Crippen LogP contribution is 2.39. The molecule has 2 aromatic rings. The van der Waals surface area contributed by atoms with Crippen LogP contribution in [0, 0.1) is 5.92 Å². The summed E-state index contributed by atoms with van der Waals surface area (Å²) in [7, 11) is 1.56. The molecule has 168 valence electrons. The van der Waals surface area contributed by atoms with Gasteiger partial charge in [0, 0.05) is 23.7 Å². The highest BCUT2D eigenvalue weighted by atomic mass is 35.5. The SMILES string of the molecule is COc1cccc([C@H]2[C@H](CN3CCC(C(=O)O)CC3=O)OC(=O)N2c2ccc(Cl)cc2)c1. The van der Waals surface area contributed by atoms with Gasteiger partial charge >= 0.3 is 12.1 Å². The molecule has 2 heterocycles. The van der Waals surface area contributed by atoms with Gasteiger partial charge in [-0.1, -0.05) is 23.7 Å². The van der Waals surface area contributed by atoms with Gasteiger partial charge in [0.2, 0.25) is 5.91 Å². The van der Waals surface area contributed by atoms with Crippen LogP contribution in [-0.2, 0) is 14.3 Å². The molecule has 2 aliphatic heterocycles. The molecule has 1 unspecified atom stereocenters. The molecule has 8 nitrogen and oxygen atoms in total. The fourth-order valence-electron chi connectivity index (χ4n) is 4.22. The zero-order valence-corrected chi connectivity index (χ0v) is 18.2. The average Bonchev–Trinajstić information content (AvgIpc) is 3.11. The molecular weight excluding hydrogens is 436 g/mol. The molecule has 4 rings (SSSR count). The lowest BCUT2D eigenvalue weighted by Crippen LogP contribution is -2.45. The number of hydrogen-bond acceptors (Lipinski definition) is 5. The van der Waals surface area contributed by atoms with E-state index in [0.717, 1.165) is 5.56 Å². The van der Waals surface area contributed by atoms with Crippen LogP contribution in [0.5, 0.6) is 5.75 Å². The van der Waals surface area contributed by atoms with Gasteiger partial charge in [-0.3, -0.25) is 14.5 Å². The minimum absolute atomic E-state index is 0.0548. The summed E-state index contributed by atoms with van der Waals surface area (Å²) in [6, 6.07) is 13.7. The Morgan fingerprint density at radius 3 is 2.62 bits per heavy atom. The molecule has 2 saturated heterocycles. The second-order valence-corrected chi connectivity index (χ2v) is 8.29. The number of halogens is 1. The van der Waals surface area contributed by atoms with E-state index in [0.29, 0.717) is 29.4 Å². The van der Waals surface area contributed by atoms with Crippen LogP contribution in [0.3, 0.4) is 0 Å². The number of carbonyl (C=O) groups is 3. The zero-order valence-electron chi connectivity index (χ0n) is 17.4. The van der Waals surface area contributed by atoms with E-state index in [-0.39, 0.29) is 18.9 Å². The van der Waals surface area contributed by atoms with Crippen molar-refractivity contribution >= 4 is 35.3 Å². The van der Waals surface area contributed by atoms with E-state index in [2.05, 4.69) is 0 Å². The lowest BCUT2D eigenvalue weighted by molar-refractivity contribution is -0.150. The number of amides is 2. The second kappa shape index (κ2) is 9.08. The molecule has 0 spiro atoms. The van der Waals surface area contributed by atoms with E-state index in [1.165, 1.54) is 0 Å². The predicted octanol–water partition coefficient (Wildman–Crippen LogP) is 3.74. The van der Waals surface area contributed by atoms with Crippen LogP contribution in [0.25, 0.3) is 0 Å². The Morgan fingerprint density at radius 2 is 1.97 bits per heavy atom. The van der Waals surface area contributed by atoms with Gasteiger partial charge in [0.1, 0.15) is 17.9 Å². The minimum atomic E-state index is -0.964. The number of aliphatic carboxylic acids is 1. The normalized spacial score (nSPS) is 23.2. The van der Waals surface area contributed by atoms with Crippen molar-refractivity contribution in [2.75, 3.05) is 25.1 Å². The minimum Gasteiger partial charge on any atom is -0.497 e. The summed E-state index contributed by atoms with van der Waals surface area (Å²) in [4.78, 5) is 39.9. The number of benzene rings is 2. The molecule has 0 bridgehead atoms. The Bertz CT molecular complexity index is 1030. The molecule has 3 atom stereocenters. The molecule has 2 aromatic carbocycles. The van der Waals surface area contributed by atoms with Crippen LogP contribution in [0.15, 0.2) is 48.5 Å². The number of piperidine rings is 1. The van der Waals surface area contributed by atoms with E-state index in [1.54, 1.807) is 41.2 Å². The number of hydrogen-bond donors (Lipinski definition) is 1. The molecule has 2 fully saturated rings. The summed E-state index contributed by atoms with van der Waals surface area (Å²) in [6.07, 6.45) is -0.860. The lowest BCUT2D eigenvalue weighted by atomic mass is 9.94. The third-order valence-corrected chi connectivity index (χ3v) is 6.14. The largest absolute Gasteiger partial charge is 0.497 e. The summed E-state index contributed by atoms with van der Waals surface area (Å²) in [5.74, 6) is -1.26. The number of carbonyl (C=O) groups excluding carboxylic acids is 2. The zero-order chi connectivity index (χ0) is 22.8. The van der Waals surface area contributed by atoms with Gasteiger partial charge in [-0.2, -0.15) is 0 Å². The number of carboxylic acids is 1. The van der Waals surface area contributed by atoms with Crippen molar-refractivity contribution in [3.05, 3.63) is 59.1 Å². The number of rotatable bonds is 6. The van der Waals surface area contributed by atoms with Gasteiger partial charge in [-0.15, -0.1) is 0 Å². The molecule has 32 heavy (non-hydrogen) atoms. The van der Waals surface area contributed by atoms with Gasteiger partial charge in [0.05, 0.1) is 19.6 Å². The monoisotopic (exact) mass is 458 g/mol. The van der Waals surface area contributed by atoms with Crippen LogP contribution in [0.1, 0.15) is 24.4 Å². The Kier molecular flexibility index (Phi) is 6.23.